The van der Waals surface area contributed by atoms with Crippen LogP contribution in [0.15, 0.2) is 5.16 Å². The van der Waals surface area contributed by atoms with Gasteiger partial charge in [-0.15, -0.1) is 0 Å². The minimum atomic E-state index is 0.162. The Morgan fingerprint density at radius 2 is 1.31 bits per heavy atom. The zero-order chi connectivity index (χ0) is 21.6. The molecule has 0 heterocycles. The Labute approximate surface area is 166 Å². The Hall–Kier alpha value is -1.06. The third kappa shape index (κ3) is 38.5. The van der Waals surface area contributed by atoms with Crippen molar-refractivity contribution in [1.29, 1.82) is 0 Å². The number of amides is 1. The summed E-state index contributed by atoms with van der Waals surface area (Å²) in [6, 6.07) is 0. The second kappa shape index (κ2) is 43.9. The summed E-state index contributed by atoms with van der Waals surface area (Å²) in [4.78, 5) is 16.5. The van der Waals surface area contributed by atoms with Crippen molar-refractivity contribution < 1.29 is 9.63 Å². The first-order chi connectivity index (χ1) is 12.7. The summed E-state index contributed by atoms with van der Waals surface area (Å²) >= 11 is 0. The molecule has 162 valence electrons. The first-order valence-corrected chi connectivity index (χ1v) is 11.2. The summed E-state index contributed by atoms with van der Waals surface area (Å²) in [5.41, 5.74) is 1.11. The molecule has 0 aromatic heterocycles. The Morgan fingerprint density at radius 3 is 1.73 bits per heavy atom. The molecule has 0 aromatic carbocycles. The van der Waals surface area contributed by atoms with Crippen molar-refractivity contribution in [3.8, 4) is 0 Å². The average molecular weight is 377 g/mol. The molecule has 0 radical (unpaired) electrons. The van der Waals surface area contributed by atoms with Crippen LogP contribution in [0, 0.1) is 0 Å². The summed E-state index contributed by atoms with van der Waals surface area (Å²) in [5, 5.41) is 6.94. The molecule has 4 heteroatoms. The monoisotopic (exact) mass is 376 g/mol. The van der Waals surface area contributed by atoms with E-state index < -0.39 is 0 Å². The van der Waals surface area contributed by atoms with Crippen molar-refractivity contribution in [3.63, 3.8) is 0 Å². The molecule has 0 fully saturated rings. The molecule has 0 aliphatic rings. The molecule has 0 aliphatic carbocycles. The van der Waals surface area contributed by atoms with E-state index in [0.717, 1.165) is 50.8 Å². The number of hydrogen-bond donors (Lipinski definition) is 1. The molecule has 0 unspecified atom stereocenters. The van der Waals surface area contributed by atoms with Crippen LogP contribution in [0.3, 0.4) is 0 Å². The fourth-order valence-corrected chi connectivity index (χ4v) is 1.50. The van der Waals surface area contributed by atoms with Crippen LogP contribution in [0.4, 0.5) is 0 Å². The van der Waals surface area contributed by atoms with Crippen LogP contribution in [0.5, 0.6) is 0 Å². The molecule has 1 amide bonds. The van der Waals surface area contributed by atoms with Gasteiger partial charge in [0.05, 0.1) is 5.71 Å². The highest BCUT2D eigenvalue weighted by Gasteiger charge is 1.99. The van der Waals surface area contributed by atoms with E-state index in [1.165, 1.54) is 0 Å². The molecule has 0 spiro atoms. The van der Waals surface area contributed by atoms with Crippen molar-refractivity contribution in [1.82, 2.24) is 5.32 Å². The number of nitrogens with one attached hydrogen (secondary N) is 1. The largest absolute Gasteiger partial charge is 0.396 e. The second-order valence-electron chi connectivity index (χ2n) is 4.36. The lowest BCUT2D eigenvalue weighted by molar-refractivity contribution is -0.121. The summed E-state index contributed by atoms with van der Waals surface area (Å²) in [5.74, 6) is 0.162. The summed E-state index contributed by atoms with van der Waals surface area (Å²) < 4.78 is 0. The molecular weight excluding hydrogens is 324 g/mol. The van der Waals surface area contributed by atoms with Crippen molar-refractivity contribution in [3.05, 3.63) is 0 Å². The van der Waals surface area contributed by atoms with E-state index >= 15 is 0 Å². The normalized spacial score (nSPS) is 7.81. The van der Waals surface area contributed by atoms with E-state index in [2.05, 4.69) is 31.2 Å². The molecule has 26 heavy (non-hydrogen) atoms. The molecule has 0 aliphatic heterocycles. The van der Waals surface area contributed by atoms with Gasteiger partial charge in [-0.1, -0.05) is 81.3 Å². The standard InChI is InChI=1S/C14H28N2O2.4C2H6/c1-4-11-15-14(17)10-8-7-9-12-18-16-13(5-2)6-3;4*1-2/h4-12H2,1-3H3,(H,15,17);4*1-2H3. The third-order valence-electron chi connectivity index (χ3n) is 2.72. The second-order valence-corrected chi connectivity index (χ2v) is 4.36. The van der Waals surface area contributed by atoms with Crippen LogP contribution in [0.2, 0.25) is 0 Å². The highest BCUT2D eigenvalue weighted by atomic mass is 16.6. The SMILES string of the molecule is CC.CC.CC.CC.CCCNC(=O)CCCCCON=C(CC)CC. The maximum atomic E-state index is 11.3. The lowest BCUT2D eigenvalue weighted by Gasteiger charge is -2.04. The maximum Gasteiger partial charge on any atom is 0.219 e. The van der Waals surface area contributed by atoms with Gasteiger partial charge in [-0.05, 0) is 38.5 Å². The minimum Gasteiger partial charge on any atom is -0.396 e. The van der Waals surface area contributed by atoms with Gasteiger partial charge in [0.1, 0.15) is 6.61 Å². The van der Waals surface area contributed by atoms with Gasteiger partial charge < -0.3 is 10.2 Å². The van der Waals surface area contributed by atoms with E-state index in [0.29, 0.717) is 13.0 Å². The predicted octanol–water partition coefficient (Wildman–Crippen LogP) is 7.37. The van der Waals surface area contributed by atoms with E-state index in [1.54, 1.807) is 0 Å². The quantitative estimate of drug-likeness (QED) is 0.232. The number of carbonyl (C=O) groups is 1. The summed E-state index contributed by atoms with van der Waals surface area (Å²) in [6.07, 6.45) is 6.43. The van der Waals surface area contributed by atoms with Gasteiger partial charge in [-0.25, -0.2) is 0 Å². The fraction of sp³-hybridized carbons (Fsp3) is 0.909. The number of unbranched alkanes of at least 4 members (excludes halogenated alkanes) is 2. The molecule has 0 aromatic rings. The minimum absolute atomic E-state index is 0.162. The zero-order valence-electron chi connectivity index (χ0n) is 20.1. The number of oxime groups is 1. The summed E-state index contributed by atoms with van der Waals surface area (Å²) in [6.45, 7) is 23.7. The Balaban J connectivity index is -0.000000160. The van der Waals surface area contributed by atoms with Crippen LogP contribution in [-0.4, -0.2) is 24.8 Å². The van der Waals surface area contributed by atoms with E-state index in [4.69, 9.17) is 4.84 Å². The molecule has 4 nitrogen and oxygen atoms in total. The molecule has 0 saturated heterocycles. The van der Waals surface area contributed by atoms with Gasteiger partial charge in [0.25, 0.3) is 0 Å². The predicted molar refractivity (Wildman–Crippen MR) is 121 cm³/mol. The van der Waals surface area contributed by atoms with E-state index in [1.807, 2.05) is 55.4 Å². The Morgan fingerprint density at radius 1 is 0.808 bits per heavy atom. The topological polar surface area (TPSA) is 50.7 Å². The van der Waals surface area contributed by atoms with Crippen LogP contribution in [-0.2, 0) is 9.63 Å². The highest BCUT2D eigenvalue weighted by molar-refractivity contribution is 5.83. The highest BCUT2D eigenvalue weighted by Crippen LogP contribution is 2.01. The molecule has 0 atom stereocenters. The molecule has 1 N–H and O–H groups in total. The third-order valence-corrected chi connectivity index (χ3v) is 2.72. The van der Waals surface area contributed by atoms with E-state index in [9.17, 15) is 4.79 Å². The van der Waals surface area contributed by atoms with Gasteiger partial charge in [0.2, 0.25) is 5.91 Å². The smallest absolute Gasteiger partial charge is 0.219 e. The van der Waals surface area contributed by atoms with Crippen LogP contribution in [0.1, 0.15) is 121 Å². The average Bonchev–Trinajstić information content (AvgIpc) is 2.74. The van der Waals surface area contributed by atoms with Gasteiger partial charge in [-0.3, -0.25) is 4.79 Å². The van der Waals surface area contributed by atoms with Crippen LogP contribution < -0.4 is 5.32 Å². The Kier molecular flexibility index (Phi) is 60.7. The molecule has 0 saturated carbocycles. The van der Waals surface area contributed by atoms with Gasteiger partial charge in [0, 0.05) is 13.0 Å². The Bertz CT molecular complexity index is 236. The van der Waals surface area contributed by atoms with Crippen LogP contribution in [0.25, 0.3) is 0 Å². The zero-order valence-corrected chi connectivity index (χ0v) is 20.1. The fourth-order valence-electron chi connectivity index (χ4n) is 1.50. The van der Waals surface area contributed by atoms with Crippen molar-refractivity contribution in [2.45, 2.75) is 121 Å². The number of carbonyl (C=O) groups excluding carboxylic acids is 1. The van der Waals surface area contributed by atoms with Crippen molar-refractivity contribution in [2.75, 3.05) is 13.2 Å². The number of hydrogen-bond acceptors (Lipinski definition) is 3. The van der Waals surface area contributed by atoms with Gasteiger partial charge in [-0.2, -0.15) is 0 Å². The van der Waals surface area contributed by atoms with Crippen molar-refractivity contribution in [2.24, 2.45) is 5.16 Å². The number of nitrogens with zero attached hydrogens (tertiary/aromatic N) is 1. The summed E-state index contributed by atoms with van der Waals surface area (Å²) in [7, 11) is 0. The lowest BCUT2D eigenvalue weighted by atomic mass is 10.2. The van der Waals surface area contributed by atoms with Gasteiger partial charge in [0.15, 0.2) is 0 Å². The van der Waals surface area contributed by atoms with E-state index in [-0.39, 0.29) is 5.91 Å². The maximum absolute atomic E-state index is 11.3. The molecule has 0 bridgehead atoms. The first-order valence-electron chi connectivity index (χ1n) is 11.2. The lowest BCUT2D eigenvalue weighted by Crippen LogP contribution is -2.23. The molecular formula is C22H52N2O2. The van der Waals surface area contributed by atoms with Gasteiger partial charge >= 0.3 is 0 Å². The molecule has 0 rings (SSSR count). The first kappa shape index (κ1) is 35.9. The van der Waals surface area contributed by atoms with Crippen molar-refractivity contribution >= 4 is 11.6 Å². The number of rotatable bonds is 11. The van der Waals surface area contributed by atoms with Crippen LogP contribution >= 0.6 is 0 Å².